The second kappa shape index (κ2) is 7.93. The lowest BCUT2D eigenvalue weighted by molar-refractivity contribution is -0.140. The summed E-state index contributed by atoms with van der Waals surface area (Å²) in [5, 5.41) is 4.29. The van der Waals surface area contributed by atoms with Crippen LogP contribution >= 0.6 is 0 Å². The summed E-state index contributed by atoms with van der Waals surface area (Å²) in [4.78, 5) is 24.9. The van der Waals surface area contributed by atoms with Crippen molar-refractivity contribution in [3.8, 4) is 16.9 Å². The molecule has 0 aliphatic heterocycles. The van der Waals surface area contributed by atoms with Crippen LogP contribution in [0, 0.1) is 5.92 Å². The fourth-order valence-corrected chi connectivity index (χ4v) is 3.24. The number of carbonyl (C=O) groups excluding carboxylic acids is 1. The van der Waals surface area contributed by atoms with Crippen molar-refractivity contribution in [1.29, 1.82) is 0 Å². The number of aromatic nitrogens is 3. The fraction of sp³-hybridized carbons (Fsp3) is 0.286. The van der Waals surface area contributed by atoms with Crippen LogP contribution in [0.4, 0.5) is 13.2 Å². The maximum absolute atomic E-state index is 13.4. The Morgan fingerprint density at radius 2 is 1.94 bits per heavy atom. The number of hydrogen-bond donors (Lipinski definition) is 2. The van der Waals surface area contributed by atoms with E-state index < -0.39 is 28.9 Å². The van der Waals surface area contributed by atoms with E-state index in [4.69, 9.17) is 10.5 Å². The summed E-state index contributed by atoms with van der Waals surface area (Å²) in [6.07, 6.45) is -0.720. The van der Waals surface area contributed by atoms with Crippen molar-refractivity contribution in [1.82, 2.24) is 14.8 Å². The Hall–Kier alpha value is -3.56. The lowest BCUT2D eigenvalue weighted by Gasteiger charge is -2.14. The highest BCUT2D eigenvalue weighted by atomic mass is 19.4. The molecule has 1 amide bonds. The standard InChI is InChI=1S/C21H19F3N4O3/c22-21(23,24)18-16(9-17(19(25)29)20(30)27-18)13-3-5-15(6-4-13)31-11-14-7-8-26-28(14)10-12-1-2-12/h3-9,12H,1-2,10-11H2,(H2,25,29)(H,27,30). The van der Waals surface area contributed by atoms with Crippen LogP contribution in [-0.4, -0.2) is 20.7 Å². The lowest BCUT2D eigenvalue weighted by atomic mass is 10.0. The smallest absolute Gasteiger partial charge is 0.431 e. The molecule has 7 nitrogen and oxygen atoms in total. The predicted octanol–water partition coefficient (Wildman–Crippen LogP) is 3.35. The molecule has 2 heterocycles. The van der Waals surface area contributed by atoms with E-state index in [2.05, 4.69) is 5.10 Å². The second-order valence-corrected chi connectivity index (χ2v) is 7.42. The van der Waals surface area contributed by atoms with Gasteiger partial charge in [0.15, 0.2) is 0 Å². The van der Waals surface area contributed by atoms with Gasteiger partial charge in [0.2, 0.25) is 0 Å². The van der Waals surface area contributed by atoms with Crippen LogP contribution < -0.4 is 16.0 Å². The van der Waals surface area contributed by atoms with Gasteiger partial charge in [-0.2, -0.15) is 18.3 Å². The van der Waals surface area contributed by atoms with Crippen molar-refractivity contribution < 1.29 is 22.7 Å². The molecule has 1 saturated carbocycles. The summed E-state index contributed by atoms with van der Waals surface area (Å²) in [7, 11) is 0. The second-order valence-electron chi connectivity index (χ2n) is 7.42. The summed E-state index contributed by atoms with van der Waals surface area (Å²) in [5.41, 5.74) is 2.83. The van der Waals surface area contributed by atoms with Gasteiger partial charge in [0.25, 0.3) is 11.5 Å². The third-order valence-corrected chi connectivity index (χ3v) is 5.07. The minimum absolute atomic E-state index is 0.150. The van der Waals surface area contributed by atoms with Gasteiger partial charge in [-0.3, -0.25) is 14.3 Å². The number of carbonyl (C=O) groups is 1. The van der Waals surface area contributed by atoms with E-state index in [9.17, 15) is 22.8 Å². The van der Waals surface area contributed by atoms with Crippen molar-refractivity contribution in [3.63, 3.8) is 0 Å². The molecular weight excluding hydrogens is 413 g/mol. The van der Waals surface area contributed by atoms with Gasteiger partial charge in [0, 0.05) is 18.3 Å². The number of benzene rings is 1. The number of primary amides is 1. The highest BCUT2D eigenvalue weighted by molar-refractivity contribution is 5.94. The number of nitrogens with zero attached hydrogens (tertiary/aromatic N) is 2. The normalized spacial score (nSPS) is 13.9. The van der Waals surface area contributed by atoms with Gasteiger partial charge in [-0.25, -0.2) is 0 Å². The zero-order valence-corrected chi connectivity index (χ0v) is 16.3. The van der Waals surface area contributed by atoms with Crippen molar-refractivity contribution >= 4 is 5.91 Å². The average molecular weight is 432 g/mol. The molecule has 31 heavy (non-hydrogen) atoms. The molecule has 0 unspecified atom stereocenters. The lowest BCUT2D eigenvalue weighted by Crippen LogP contribution is -2.27. The Morgan fingerprint density at radius 3 is 2.55 bits per heavy atom. The van der Waals surface area contributed by atoms with Gasteiger partial charge >= 0.3 is 6.18 Å². The SMILES string of the molecule is NC(=O)c1cc(-c2ccc(OCc3ccnn3CC3CC3)cc2)c(C(F)(F)F)[nH]c1=O. The fourth-order valence-electron chi connectivity index (χ4n) is 3.24. The first-order chi connectivity index (χ1) is 14.7. The van der Waals surface area contributed by atoms with Crippen LogP contribution in [0.3, 0.4) is 0 Å². The number of nitrogens with one attached hydrogen (secondary N) is 1. The molecule has 1 aromatic carbocycles. The first-order valence-corrected chi connectivity index (χ1v) is 9.60. The van der Waals surface area contributed by atoms with Crippen LogP contribution in [0.2, 0.25) is 0 Å². The van der Waals surface area contributed by atoms with E-state index in [0.29, 0.717) is 11.7 Å². The van der Waals surface area contributed by atoms with Crippen molar-refractivity contribution in [2.45, 2.75) is 32.2 Å². The Kier molecular flexibility index (Phi) is 5.30. The van der Waals surface area contributed by atoms with Gasteiger partial charge in [-0.15, -0.1) is 0 Å². The van der Waals surface area contributed by atoms with Gasteiger partial charge in [0.1, 0.15) is 23.6 Å². The number of amides is 1. The van der Waals surface area contributed by atoms with Crippen LogP contribution in [0.1, 0.15) is 34.6 Å². The number of pyridine rings is 1. The van der Waals surface area contributed by atoms with E-state index in [0.717, 1.165) is 18.3 Å². The molecule has 0 bridgehead atoms. The highest BCUT2D eigenvalue weighted by Gasteiger charge is 2.36. The number of rotatable bonds is 7. The molecule has 4 rings (SSSR count). The molecule has 3 N–H and O–H groups in total. The summed E-state index contributed by atoms with van der Waals surface area (Å²) in [5.74, 6) is -0.00149. The Labute approximate surface area is 174 Å². The van der Waals surface area contributed by atoms with Gasteiger partial charge in [0.05, 0.1) is 5.69 Å². The molecule has 0 atom stereocenters. The Balaban J connectivity index is 1.56. The highest BCUT2D eigenvalue weighted by Crippen LogP contribution is 2.36. The zero-order chi connectivity index (χ0) is 22.2. The molecule has 1 aliphatic rings. The largest absolute Gasteiger partial charge is 0.487 e. The monoisotopic (exact) mass is 432 g/mol. The third kappa shape index (κ3) is 4.62. The first-order valence-electron chi connectivity index (χ1n) is 9.60. The van der Waals surface area contributed by atoms with Gasteiger partial charge in [-0.1, -0.05) is 12.1 Å². The number of nitrogens with two attached hydrogens (primary N) is 1. The molecule has 1 aliphatic carbocycles. The zero-order valence-electron chi connectivity index (χ0n) is 16.3. The number of ether oxygens (including phenoxy) is 1. The predicted molar refractivity (Wildman–Crippen MR) is 105 cm³/mol. The van der Waals surface area contributed by atoms with Crippen LogP contribution in [-0.2, 0) is 19.3 Å². The molecule has 0 radical (unpaired) electrons. The molecular formula is C21H19F3N4O3. The molecule has 2 aromatic heterocycles. The van der Waals surface area contributed by atoms with Crippen molar-refractivity contribution in [3.05, 3.63) is 69.9 Å². The Morgan fingerprint density at radius 1 is 1.23 bits per heavy atom. The van der Waals surface area contributed by atoms with Gasteiger partial charge in [-0.05, 0) is 48.6 Å². The van der Waals surface area contributed by atoms with Crippen molar-refractivity contribution in [2.24, 2.45) is 11.7 Å². The minimum atomic E-state index is -4.82. The van der Waals surface area contributed by atoms with Crippen LogP contribution in [0.25, 0.3) is 11.1 Å². The molecule has 0 saturated heterocycles. The average Bonchev–Trinajstić information content (AvgIpc) is 3.42. The van der Waals surface area contributed by atoms with E-state index >= 15 is 0 Å². The summed E-state index contributed by atoms with van der Waals surface area (Å²) in [6, 6.07) is 8.60. The molecule has 0 spiro atoms. The summed E-state index contributed by atoms with van der Waals surface area (Å²) in [6.45, 7) is 1.11. The Bertz CT molecular complexity index is 1160. The molecule has 162 valence electrons. The van der Waals surface area contributed by atoms with Crippen LogP contribution in [0.5, 0.6) is 5.75 Å². The van der Waals surface area contributed by atoms with Gasteiger partial charge < -0.3 is 15.5 Å². The molecule has 1 fully saturated rings. The van der Waals surface area contributed by atoms with E-state index in [1.54, 1.807) is 11.2 Å². The number of aromatic amines is 1. The number of H-pyrrole nitrogens is 1. The van der Waals surface area contributed by atoms with E-state index in [1.807, 2.05) is 10.7 Å². The number of alkyl halides is 3. The maximum atomic E-state index is 13.4. The van der Waals surface area contributed by atoms with E-state index in [-0.39, 0.29) is 17.7 Å². The van der Waals surface area contributed by atoms with Crippen LogP contribution in [0.15, 0.2) is 47.4 Å². The quantitative estimate of drug-likeness (QED) is 0.598. The molecule has 3 aromatic rings. The van der Waals surface area contributed by atoms with Crippen molar-refractivity contribution in [2.75, 3.05) is 0 Å². The summed E-state index contributed by atoms with van der Waals surface area (Å²) < 4.78 is 47.9. The topological polar surface area (TPSA) is 103 Å². The molecule has 10 heteroatoms. The minimum Gasteiger partial charge on any atom is -0.487 e. The van der Waals surface area contributed by atoms with E-state index in [1.165, 1.54) is 37.1 Å². The number of hydrogen-bond acceptors (Lipinski definition) is 4. The third-order valence-electron chi connectivity index (χ3n) is 5.07. The maximum Gasteiger partial charge on any atom is 0.431 e. The number of halogens is 3. The summed E-state index contributed by atoms with van der Waals surface area (Å²) >= 11 is 0. The first kappa shape index (κ1) is 20.7.